The van der Waals surface area contributed by atoms with Crippen LogP contribution >= 0.6 is 0 Å². The molecule has 0 aliphatic carbocycles. The molecule has 0 unspecified atom stereocenters. The average molecular weight is 410 g/mol. The minimum absolute atomic E-state index is 0.0829. The van der Waals surface area contributed by atoms with Gasteiger partial charge in [0.2, 0.25) is 5.82 Å². The van der Waals surface area contributed by atoms with Crippen LogP contribution in [0.4, 0.5) is 16.2 Å². The molecule has 0 radical (unpaired) electrons. The Labute approximate surface area is 175 Å². The van der Waals surface area contributed by atoms with Gasteiger partial charge in [0.1, 0.15) is 17.2 Å². The zero-order valence-electron chi connectivity index (χ0n) is 17.3. The van der Waals surface area contributed by atoms with Gasteiger partial charge in [0.05, 0.1) is 11.4 Å². The first-order valence-corrected chi connectivity index (χ1v) is 9.80. The normalized spacial score (nSPS) is 15.4. The molecule has 10 nitrogen and oxygen atoms in total. The molecule has 1 aromatic carbocycles. The number of carbonyl (C=O) groups is 1. The summed E-state index contributed by atoms with van der Waals surface area (Å²) in [4.78, 5) is 14.3. The lowest BCUT2D eigenvalue weighted by molar-refractivity contribution is 0.0497. The maximum Gasteiger partial charge on any atom is 0.407 e. The summed E-state index contributed by atoms with van der Waals surface area (Å²) < 4.78 is 5.34. The second-order valence-corrected chi connectivity index (χ2v) is 7.97. The largest absolute Gasteiger partial charge is 0.444 e. The van der Waals surface area contributed by atoms with E-state index in [0.29, 0.717) is 0 Å². The number of ether oxygens (including phenoxy) is 1. The van der Waals surface area contributed by atoms with Crippen molar-refractivity contribution in [2.45, 2.75) is 45.3 Å². The lowest BCUT2D eigenvalue weighted by atomic mass is 10.0. The van der Waals surface area contributed by atoms with E-state index in [1.807, 2.05) is 45.0 Å². The molecular formula is C20H26N8O2. The molecule has 2 heterocycles. The van der Waals surface area contributed by atoms with Gasteiger partial charge < -0.3 is 20.3 Å². The lowest BCUT2D eigenvalue weighted by Gasteiger charge is -2.35. The van der Waals surface area contributed by atoms with Gasteiger partial charge in [-0.05, 0) is 51.0 Å². The Morgan fingerprint density at radius 1 is 1.33 bits per heavy atom. The third-order valence-corrected chi connectivity index (χ3v) is 4.54. The molecule has 1 saturated heterocycles. The molecular weight excluding hydrogens is 384 g/mol. The molecule has 2 aromatic rings. The quantitative estimate of drug-likeness (QED) is 0.641. The summed E-state index contributed by atoms with van der Waals surface area (Å²) in [5.74, 6) is 0.233. The predicted octanol–water partition coefficient (Wildman–Crippen LogP) is 2.67. The van der Waals surface area contributed by atoms with Crippen molar-refractivity contribution < 1.29 is 9.53 Å². The number of H-pyrrole nitrogens is 1. The van der Waals surface area contributed by atoms with E-state index >= 15 is 0 Å². The van der Waals surface area contributed by atoms with E-state index < -0.39 is 5.60 Å². The van der Waals surface area contributed by atoms with Gasteiger partial charge >= 0.3 is 6.09 Å². The highest BCUT2D eigenvalue weighted by Gasteiger charge is 2.24. The number of para-hydroxylation sites is 2. The average Bonchev–Trinajstić information content (AvgIpc) is 3.23. The molecule has 10 heteroatoms. The Morgan fingerprint density at radius 2 is 2.07 bits per heavy atom. The third kappa shape index (κ3) is 5.70. The molecule has 0 atom stereocenters. The Kier molecular flexibility index (Phi) is 6.51. The summed E-state index contributed by atoms with van der Waals surface area (Å²) in [6.07, 6.45) is 2.82. The summed E-state index contributed by atoms with van der Waals surface area (Å²) in [6, 6.07) is 10.0. The number of anilines is 2. The van der Waals surface area contributed by atoms with Gasteiger partial charge in [0.15, 0.2) is 0 Å². The molecule has 1 fully saturated rings. The Morgan fingerprint density at radius 3 is 2.70 bits per heavy atom. The smallest absolute Gasteiger partial charge is 0.407 e. The number of hydrogen-bond acceptors (Lipinski definition) is 8. The van der Waals surface area contributed by atoms with Crippen LogP contribution in [0.15, 0.2) is 30.5 Å². The number of aromatic nitrogens is 4. The van der Waals surface area contributed by atoms with Gasteiger partial charge in [-0.25, -0.2) is 4.79 Å². The molecule has 1 aliphatic rings. The first-order chi connectivity index (χ1) is 14.4. The molecule has 0 bridgehead atoms. The van der Waals surface area contributed by atoms with Crippen molar-refractivity contribution in [2.24, 2.45) is 0 Å². The lowest BCUT2D eigenvalue weighted by Crippen LogP contribution is -2.46. The first-order valence-electron chi connectivity index (χ1n) is 9.80. The van der Waals surface area contributed by atoms with Crippen LogP contribution in [-0.4, -0.2) is 51.4 Å². The maximum atomic E-state index is 12.0. The number of nitrogens with one attached hydrogen (secondary N) is 3. The Bertz CT molecular complexity index is 919. The standard InChI is InChI=1S/C20H26N8O2/c1-20(2,3)30-19(29)23-15-8-10-28(11-9-15)17-7-5-4-6-16(17)22-13-14(12-21)18-24-26-27-25-18/h4-7,13,15,22H,8-11H2,1-3H3,(H,23,29)(H,24,25,26,27). The molecule has 30 heavy (non-hydrogen) atoms. The van der Waals surface area contributed by atoms with Crippen molar-refractivity contribution in [1.29, 1.82) is 5.26 Å². The van der Waals surface area contributed by atoms with Gasteiger partial charge in [0.25, 0.3) is 0 Å². The van der Waals surface area contributed by atoms with Gasteiger partial charge in [0, 0.05) is 25.3 Å². The fourth-order valence-corrected chi connectivity index (χ4v) is 3.18. The summed E-state index contributed by atoms with van der Waals surface area (Å²) >= 11 is 0. The number of tetrazole rings is 1. The van der Waals surface area contributed by atoms with Gasteiger partial charge in [-0.15, -0.1) is 10.2 Å². The SMILES string of the molecule is CC(C)(C)OC(=O)NC1CCN(c2ccccc2NC=C(C#N)c2nn[nH]n2)CC1. The van der Waals surface area contributed by atoms with E-state index in [4.69, 9.17) is 4.74 Å². The minimum atomic E-state index is -0.507. The first kappa shape index (κ1) is 21.1. The van der Waals surface area contributed by atoms with Crippen LogP contribution in [0.5, 0.6) is 0 Å². The number of hydrogen-bond donors (Lipinski definition) is 3. The molecule has 0 saturated carbocycles. The molecule has 1 aliphatic heterocycles. The number of amides is 1. The summed E-state index contributed by atoms with van der Waals surface area (Å²) in [6.45, 7) is 7.13. The Hall–Kier alpha value is -3.61. The van der Waals surface area contributed by atoms with Crippen LogP contribution in [0.1, 0.15) is 39.4 Å². The van der Waals surface area contributed by atoms with Crippen LogP contribution in [-0.2, 0) is 4.74 Å². The maximum absolute atomic E-state index is 12.0. The summed E-state index contributed by atoms with van der Waals surface area (Å²) in [5, 5.41) is 29.0. The van der Waals surface area contributed by atoms with Crippen LogP contribution in [0.3, 0.4) is 0 Å². The third-order valence-electron chi connectivity index (χ3n) is 4.54. The van der Waals surface area contributed by atoms with E-state index in [-0.39, 0.29) is 23.5 Å². The van der Waals surface area contributed by atoms with Crippen LogP contribution in [0, 0.1) is 11.3 Å². The predicted molar refractivity (Wildman–Crippen MR) is 112 cm³/mol. The van der Waals surface area contributed by atoms with Crippen LogP contribution in [0.2, 0.25) is 0 Å². The molecule has 3 N–H and O–H groups in total. The second-order valence-electron chi connectivity index (χ2n) is 7.97. The topological polar surface area (TPSA) is 132 Å². The second kappa shape index (κ2) is 9.26. The number of allylic oxidation sites excluding steroid dienone is 1. The zero-order valence-corrected chi connectivity index (χ0v) is 17.3. The van der Waals surface area contributed by atoms with Crippen molar-refractivity contribution in [3.63, 3.8) is 0 Å². The number of nitriles is 1. The number of aromatic amines is 1. The number of benzene rings is 1. The van der Waals surface area contributed by atoms with Crippen LogP contribution in [0.25, 0.3) is 5.57 Å². The number of carbonyl (C=O) groups excluding carboxylic acids is 1. The molecule has 158 valence electrons. The molecule has 1 aromatic heterocycles. The monoisotopic (exact) mass is 410 g/mol. The molecule has 1 amide bonds. The summed E-state index contributed by atoms with van der Waals surface area (Å²) in [5.41, 5.74) is 1.66. The number of rotatable bonds is 5. The fraction of sp³-hybridized carbons (Fsp3) is 0.450. The van der Waals surface area contributed by atoms with Crippen molar-refractivity contribution >= 4 is 23.0 Å². The fourth-order valence-electron chi connectivity index (χ4n) is 3.18. The molecule has 3 rings (SSSR count). The van der Waals surface area contributed by atoms with Gasteiger partial charge in [-0.1, -0.05) is 12.1 Å². The highest BCUT2D eigenvalue weighted by atomic mass is 16.6. The van der Waals surface area contributed by atoms with E-state index in [0.717, 1.165) is 37.3 Å². The van der Waals surface area contributed by atoms with Crippen molar-refractivity contribution in [3.05, 3.63) is 36.3 Å². The van der Waals surface area contributed by atoms with Crippen molar-refractivity contribution in [2.75, 3.05) is 23.3 Å². The van der Waals surface area contributed by atoms with E-state index in [1.165, 1.54) is 0 Å². The van der Waals surface area contributed by atoms with E-state index in [1.54, 1.807) is 6.20 Å². The number of nitrogens with zero attached hydrogens (tertiary/aromatic N) is 5. The summed E-state index contributed by atoms with van der Waals surface area (Å²) in [7, 11) is 0. The Balaban J connectivity index is 1.62. The van der Waals surface area contributed by atoms with E-state index in [9.17, 15) is 10.1 Å². The van der Waals surface area contributed by atoms with E-state index in [2.05, 4.69) is 42.2 Å². The van der Waals surface area contributed by atoms with Gasteiger partial charge in [-0.3, -0.25) is 0 Å². The van der Waals surface area contributed by atoms with Gasteiger partial charge in [-0.2, -0.15) is 10.5 Å². The zero-order chi connectivity index (χ0) is 21.6. The highest BCUT2D eigenvalue weighted by Crippen LogP contribution is 2.29. The van der Waals surface area contributed by atoms with Crippen LogP contribution < -0.4 is 15.5 Å². The minimum Gasteiger partial charge on any atom is -0.444 e. The van der Waals surface area contributed by atoms with Crippen molar-refractivity contribution in [1.82, 2.24) is 25.9 Å². The molecule has 0 spiro atoms. The highest BCUT2D eigenvalue weighted by molar-refractivity contribution is 5.77. The van der Waals surface area contributed by atoms with Crippen molar-refractivity contribution in [3.8, 4) is 6.07 Å². The number of alkyl carbamates (subject to hydrolysis) is 1. The number of piperidine rings is 1.